The first kappa shape index (κ1) is 42.0. The molecule has 3 aliphatic heterocycles. The summed E-state index contributed by atoms with van der Waals surface area (Å²) in [5, 5.41) is 49.4. The van der Waals surface area contributed by atoms with Gasteiger partial charge in [0.2, 0.25) is 0 Å². The lowest BCUT2D eigenvalue weighted by molar-refractivity contribution is -0.127. The van der Waals surface area contributed by atoms with E-state index < -0.39 is 41.8 Å². The third-order valence-corrected chi connectivity index (χ3v) is 13.5. The molecule has 5 heterocycles. The number of aryl methyl sites for hydroxylation is 1. The van der Waals surface area contributed by atoms with Crippen LogP contribution in [0.3, 0.4) is 0 Å². The molecule has 1 spiro atoms. The molecule has 1 fully saturated rings. The first-order chi connectivity index (χ1) is 29.1. The summed E-state index contributed by atoms with van der Waals surface area (Å²) in [6.45, 7) is 4.83. The lowest BCUT2D eigenvalue weighted by Crippen LogP contribution is -2.36. The van der Waals surface area contributed by atoms with Gasteiger partial charge in [0, 0.05) is 55.3 Å². The van der Waals surface area contributed by atoms with Gasteiger partial charge in [-0.2, -0.15) is 0 Å². The van der Waals surface area contributed by atoms with Crippen LogP contribution < -0.4 is 20.5 Å². The Balaban J connectivity index is 1.16. The fourth-order valence-electron chi connectivity index (χ4n) is 10.2. The number of fused-ring (bicyclic) bond motifs is 8. The van der Waals surface area contributed by atoms with Crippen LogP contribution in [0.4, 0.5) is 0 Å². The van der Waals surface area contributed by atoms with Gasteiger partial charge in [-0.25, -0.2) is 0 Å². The molecule has 0 saturated heterocycles. The zero-order valence-corrected chi connectivity index (χ0v) is 34.9. The minimum absolute atomic E-state index is 0.0436. The second-order valence-corrected chi connectivity index (χ2v) is 17.5. The van der Waals surface area contributed by atoms with E-state index in [0.717, 1.165) is 103 Å². The summed E-state index contributed by atoms with van der Waals surface area (Å²) in [7, 11) is 0. The van der Waals surface area contributed by atoms with Gasteiger partial charge >= 0.3 is 0 Å². The number of aliphatic hydroxyl groups excluding tert-OH is 3. The first-order valence-electron chi connectivity index (χ1n) is 22.2. The summed E-state index contributed by atoms with van der Waals surface area (Å²) in [5.41, 5.74) is 12.5. The van der Waals surface area contributed by atoms with E-state index in [9.17, 15) is 25.2 Å². The molecular formula is C49H60N4O7. The number of unbranched alkanes of at least 4 members (excludes halogenated alkanes) is 2. The van der Waals surface area contributed by atoms with E-state index in [1.807, 2.05) is 31.5 Å². The quantitative estimate of drug-likeness (QED) is 0.0547. The number of nitrogens with two attached hydrogens (primary N) is 1. The molecule has 2 bridgehead atoms. The Hall–Kier alpha value is -4.75. The van der Waals surface area contributed by atoms with Crippen molar-refractivity contribution in [1.29, 1.82) is 0 Å². The number of ether oxygens (including phenoxy) is 2. The number of H-pyrrole nitrogens is 1. The minimum Gasteiger partial charge on any atom is -0.508 e. The van der Waals surface area contributed by atoms with Crippen LogP contribution in [0.25, 0.3) is 10.9 Å². The van der Waals surface area contributed by atoms with Gasteiger partial charge in [0.1, 0.15) is 23.7 Å². The van der Waals surface area contributed by atoms with Gasteiger partial charge in [0.05, 0.1) is 35.2 Å². The molecule has 11 heteroatoms. The number of ketones is 1. The van der Waals surface area contributed by atoms with Crippen molar-refractivity contribution in [1.82, 2.24) is 14.9 Å². The number of rotatable bonds is 13. The molecule has 11 nitrogen and oxygen atoms in total. The summed E-state index contributed by atoms with van der Waals surface area (Å²) in [6.07, 6.45) is 15.5. The lowest BCUT2D eigenvalue weighted by atomic mass is 9.73. The summed E-state index contributed by atoms with van der Waals surface area (Å²) >= 11 is 0. The molecular weight excluding hydrogens is 757 g/mol. The molecule has 2 aromatic carbocycles. The second-order valence-electron chi connectivity index (χ2n) is 17.5. The number of nitrogens with one attached hydrogen (secondary N) is 2. The Kier molecular flexibility index (Phi) is 12.6. The number of carbonyl (C=O) groups is 1. The van der Waals surface area contributed by atoms with Crippen molar-refractivity contribution in [2.45, 2.75) is 141 Å². The molecule has 0 radical (unpaired) electrons. The average Bonchev–Trinajstić information content (AvgIpc) is 3.97. The Morgan fingerprint density at radius 3 is 2.65 bits per heavy atom. The van der Waals surface area contributed by atoms with Crippen molar-refractivity contribution in [2.24, 2.45) is 23.0 Å². The van der Waals surface area contributed by atoms with E-state index in [4.69, 9.17) is 15.2 Å². The van der Waals surface area contributed by atoms with Crippen molar-refractivity contribution in [3.05, 3.63) is 76.2 Å². The van der Waals surface area contributed by atoms with Crippen molar-refractivity contribution in [3.8, 4) is 41.1 Å². The predicted molar refractivity (Wildman–Crippen MR) is 230 cm³/mol. The van der Waals surface area contributed by atoms with Crippen LogP contribution in [0.15, 0.2) is 42.9 Å². The molecule has 318 valence electrons. The summed E-state index contributed by atoms with van der Waals surface area (Å²) in [6, 6.07) is 7.22. The maximum atomic E-state index is 13.8. The average molecular weight is 817 g/mol. The number of phenolic OH excluding ortho intramolecular Hbond substituents is 1. The molecule has 4 aliphatic rings. The Morgan fingerprint density at radius 2 is 1.85 bits per heavy atom. The number of aromatic amines is 1. The van der Waals surface area contributed by atoms with E-state index in [1.54, 1.807) is 6.07 Å². The topological polar surface area (TPSA) is 175 Å². The van der Waals surface area contributed by atoms with Crippen molar-refractivity contribution in [2.75, 3.05) is 6.54 Å². The van der Waals surface area contributed by atoms with Crippen LogP contribution in [0.2, 0.25) is 0 Å². The largest absolute Gasteiger partial charge is 0.508 e. The highest BCUT2D eigenvalue weighted by molar-refractivity contribution is 5.84. The van der Waals surface area contributed by atoms with Crippen LogP contribution in [0, 0.1) is 41.1 Å². The Bertz CT molecular complexity index is 2320. The van der Waals surface area contributed by atoms with Gasteiger partial charge in [0.25, 0.3) is 0 Å². The SMILES string of the molecule is CCCCC[C@H](C(=O)CCc1cc2c(cc1O)OC#CC1(CCCC1)[C@@H]1C#C[C@H](O)c3ccc4c(c3Cc3c[nH]c5cn(cc35)[C@H]1O2)CCN[C@H]4N)[C@H](O)C[C@H](O)CCC. The highest BCUT2D eigenvalue weighted by Crippen LogP contribution is 2.51. The third kappa shape index (κ3) is 8.44. The molecule has 0 unspecified atom stereocenters. The van der Waals surface area contributed by atoms with Crippen LogP contribution in [-0.4, -0.2) is 54.5 Å². The molecule has 1 saturated carbocycles. The van der Waals surface area contributed by atoms with Crippen molar-refractivity contribution < 1.29 is 34.7 Å². The van der Waals surface area contributed by atoms with Crippen molar-refractivity contribution >= 4 is 16.7 Å². The van der Waals surface area contributed by atoms with E-state index >= 15 is 0 Å². The number of hydrogen-bond acceptors (Lipinski definition) is 9. The number of hydrogen-bond donors (Lipinski definition) is 7. The van der Waals surface area contributed by atoms with Crippen LogP contribution in [0.5, 0.6) is 17.2 Å². The van der Waals surface area contributed by atoms with E-state index in [-0.39, 0.29) is 42.7 Å². The summed E-state index contributed by atoms with van der Waals surface area (Å²) < 4.78 is 15.2. The summed E-state index contributed by atoms with van der Waals surface area (Å²) in [4.78, 5) is 17.3. The molecule has 60 heavy (non-hydrogen) atoms. The fraction of sp³-hybridized carbons (Fsp3) is 0.531. The zero-order valence-electron chi connectivity index (χ0n) is 34.9. The number of nitrogens with zero attached hydrogens (tertiary/aromatic N) is 1. The first-order valence-corrected chi connectivity index (χ1v) is 22.2. The number of carbonyl (C=O) groups excluding carboxylic acids is 1. The van der Waals surface area contributed by atoms with E-state index in [0.29, 0.717) is 30.6 Å². The smallest absolute Gasteiger partial charge is 0.191 e. The fourth-order valence-corrected chi connectivity index (χ4v) is 10.2. The molecule has 2 aromatic heterocycles. The highest BCUT2D eigenvalue weighted by Gasteiger charge is 2.46. The third-order valence-electron chi connectivity index (χ3n) is 13.5. The standard InChI is InChI=1S/C49H60N4O7/c1-3-5-6-10-36(44(58)25-32(54)9-4-2)42(56)15-11-30-24-46-45(26-43(30)57)59-22-20-49(18-7-8-19-49)39-14-16-41(55)34-12-13-35-33(17-21-51-47(35)50)37(34)23-31-27-52-40-29-53(28-38(31)40)48(39)60-46/h12-13,24,26-29,32,36,39,41,44,47-48,51-52,54-55,57-58H,3-11,15,17-19,21,23,25,50H2,1-2H3/t32-,36-,39-,41+,44-,47-,48+/m1/s1. The maximum Gasteiger partial charge on any atom is 0.191 e. The number of Topliss-reactive ketones (excluding diaryl/α,β-unsaturated/α-hetero) is 1. The number of aromatic nitrogens is 2. The van der Waals surface area contributed by atoms with Gasteiger partial charge in [0.15, 0.2) is 17.7 Å². The van der Waals surface area contributed by atoms with Crippen LogP contribution in [0.1, 0.15) is 143 Å². The van der Waals surface area contributed by atoms with Crippen molar-refractivity contribution in [3.63, 3.8) is 0 Å². The van der Waals surface area contributed by atoms with Gasteiger partial charge in [-0.1, -0.05) is 82.3 Å². The number of aliphatic hydroxyl groups is 3. The molecule has 8 rings (SSSR count). The number of phenols is 1. The lowest BCUT2D eigenvalue weighted by Gasteiger charge is -2.35. The predicted octanol–water partition coefficient (Wildman–Crippen LogP) is 7.14. The van der Waals surface area contributed by atoms with Gasteiger partial charge in [-0.15, -0.1) is 0 Å². The minimum atomic E-state index is -1.07. The monoisotopic (exact) mass is 816 g/mol. The van der Waals surface area contributed by atoms with Gasteiger partial charge in [-0.05, 0) is 84.4 Å². The zero-order chi connectivity index (χ0) is 42.0. The normalized spacial score (nSPS) is 22.9. The molecule has 8 N–H and O–H groups in total. The maximum absolute atomic E-state index is 13.8. The molecule has 1 aliphatic carbocycles. The van der Waals surface area contributed by atoms with Crippen LogP contribution in [-0.2, 0) is 24.1 Å². The second kappa shape index (κ2) is 18.1. The Labute approximate surface area is 353 Å². The molecule has 7 atom stereocenters. The van der Waals surface area contributed by atoms with Crippen LogP contribution >= 0.6 is 0 Å². The van der Waals surface area contributed by atoms with E-state index in [1.165, 1.54) is 6.07 Å². The highest BCUT2D eigenvalue weighted by atomic mass is 16.5. The number of aromatic hydroxyl groups is 1. The van der Waals surface area contributed by atoms with Gasteiger partial charge in [-0.3, -0.25) is 10.1 Å². The van der Waals surface area contributed by atoms with E-state index in [2.05, 4.69) is 51.9 Å². The number of benzene rings is 2. The van der Waals surface area contributed by atoms with Gasteiger partial charge < -0.3 is 45.2 Å². The summed E-state index contributed by atoms with van der Waals surface area (Å²) in [5.74, 6) is 9.68. The Morgan fingerprint density at radius 1 is 1.03 bits per heavy atom. The molecule has 0 amide bonds. The molecule has 4 aromatic rings.